The first-order chi connectivity index (χ1) is 15.1. The first-order valence-electron chi connectivity index (χ1n) is 9.78. The minimum atomic E-state index is 0.232. The van der Waals surface area contributed by atoms with Gasteiger partial charge in [0.25, 0.3) is 0 Å². The number of nitrogens with zero attached hydrogens (tertiary/aromatic N) is 3. The average Bonchev–Trinajstić information content (AvgIpc) is 3.20. The van der Waals surface area contributed by atoms with Crippen LogP contribution in [-0.4, -0.2) is 19.6 Å². The summed E-state index contributed by atoms with van der Waals surface area (Å²) in [4.78, 5) is 9.00. The number of nitrogen functional groups attached to an aromatic ring is 1. The van der Waals surface area contributed by atoms with Gasteiger partial charge in [0.15, 0.2) is 0 Å². The summed E-state index contributed by atoms with van der Waals surface area (Å²) in [5.41, 5.74) is 10.1. The van der Waals surface area contributed by atoms with Gasteiger partial charge in [0.2, 0.25) is 0 Å². The SMILES string of the molecule is Nc1nccnc1-c1ccc(Cn2ccc3ccccc32)cc1.Oc1ccccc1S. The van der Waals surface area contributed by atoms with Crippen LogP contribution in [0.25, 0.3) is 22.2 Å². The fraction of sp³-hybridized carbons (Fsp3) is 0.0400. The third-order valence-electron chi connectivity index (χ3n) is 4.87. The maximum atomic E-state index is 8.84. The number of nitrogens with two attached hydrogens (primary N) is 1. The van der Waals surface area contributed by atoms with E-state index in [1.54, 1.807) is 30.6 Å². The summed E-state index contributed by atoms with van der Waals surface area (Å²) in [5.74, 6) is 0.687. The molecule has 0 saturated carbocycles. The van der Waals surface area contributed by atoms with Crippen LogP contribution in [0.15, 0.2) is 102 Å². The van der Waals surface area contributed by atoms with Gasteiger partial charge in [0.1, 0.15) is 17.3 Å². The van der Waals surface area contributed by atoms with Gasteiger partial charge in [0.05, 0.1) is 0 Å². The molecule has 0 aliphatic carbocycles. The third kappa shape index (κ3) is 4.87. The Hall–Kier alpha value is -3.77. The van der Waals surface area contributed by atoms with Gasteiger partial charge in [-0.15, -0.1) is 12.6 Å². The van der Waals surface area contributed by atoms with Crippen LogP contribution in [0, 0.1) is 0 Å². The topological polar surface area (TPSA) is 77.0 Å². The first-order valence-corrected chi connectivity index (χ1v) is 10.2. The fourth-order valence-electron chi connectivity index (χ4n) is 3.28. The summed E-state index contributed by atoms with van der Waals surface area (Å²) in [7, 11) is 0. The van der Waals surface area contributed by atoms with E-state index in [0.717, 1.165) is 17.8 Å². The van der Waals surface area contributed by atoms with E-state index in [-0.39, 0.29) is 5.75 Å². The van der Waals surface area contributed by atoms with Gasteiger partial charge in [-0.25, -0.2) is 4.98 Å². The van der Waals surface area contributed by atoms with Crippen LogP contribution in [0.5, 0.6) is 5.75 Å². The average molecular weight is 427 g/mol. The van der Waals surface area contributed by atoms with Gasteiger partial charge >= 0.3 is 0 Å². The highest BCUT2D eigenvalue weighted by molar-refractivity contribution is 7.80. The molecule has 0 radical (unpaired) electrons. The molecule has 0 aliphatic heterocycles. The fourth-order valence-corrected chi connectivity index (χ4v) is 3.44. The number of aromatic nitrogens is 3. The molecule has 0 bridgehead atoms. The monoisotopic (exact) mass is 426 g/mol. The predicted molar refractivity (Wildman–Crippen MR) is 128 cm³/mol. The van der Waals surface area contributed by atoms with E-state index in [2.05, 4.69) is 75.8 Å². The van der Waals surface area contributed by atoms with Crippen molar-refractivity contribution in [3.63, 3.8) is 0 Å². The van der Waals surface area contributed by atoms with Crippen LogP contribution in [0.3, 0.4) is 0 Å². The highest BCUT2D eigenvalue weighted by atomic mass is 32.1. The summed E-state index contributed by atoms with van der Waals surface area (Å²) < 4.78 is 2.25. The van der Waals surface area contributed by atoms with E-state index in [1.807, 2.05) is 18.2 Å². The Morgan fingerprint density at radius 3 is 2.26 bits per heavy atom. The Morgan fingerprint density at radius 1 is 0.839 bits per heavy atom. The van der Waals surface area contributed by atoms with Gasteiger partial charge in [0, 0.05) is 41.1 Å². The lowest BCUT2D eigenvalue weighted by molar-refractivity contribution is 0.463. The number of para-hydroxylation sites is 2. The van der Waals surface area contributed by atoms with Crippen molar-refractivity contribution in [1.29, 1.82) is 0 Å². The minimum absolute atomic E-state index is 0.232. The van der Waals surface area contributed by atoms with Gasteiger partial charge in [-0.05, 0) is 35.2 Å². The molecule has 0 amide bonds. The lowest BCUT2D eigenvalue weighted by Gasteiger charge is -2.08. The highest BCUT2D eigenvalue weighted by Crippen LogP contribution is 2.23. The standard InChI is InChI=1S/C19H16N4.C6H6OS/c20-19-18(21-10-11-22-19)16-7-5-14(6-8-16)13-23-12-9-15-3-1-2-4-17(15)23;7-5-3-1-2-4-6(5)8/h1-12H,13H2,(H2,20,22);1-4,7-8H. The molecule has 0 fully saturated rings. The molecular weight excluding hydrogens is 404 g/mol. The highest BCUT2D eigenvalue weighted by Gasteiger charge is 2.05. The maximum Gasteiger partial charge on any atom is 0.149 e. The normalized spacial score (nSPS) is 10.5. The number of hydrogen-bond donors (Lipinski definition) is 3. The van der Waals surface area contributed by atoms with E-state index in [4.69, 9.17) is 10.8 Å². The molecule has 0 unspecified atom stereocenters. The zero-order valence-electron chi connectivity index (χ0n) is 16.8. The molecule has 2 heterocycles. The Balaban J connectivity index is 0.000000245. The molecule has 5 rings (SSSR count). The summed E-state index contributed by atoms with van der Waals surface area (Å²) in [6, 6.07) is 25.8. The van der Waals surface area contributed by atoms with Crippen LogP contribution >= 0.6 is 12.6 Å². The largest absolute Gasteiger partial charge is 0.507 e. The second-order valence-electron chi connectivity index (χ2n) is 6.98. The van der Waals surface area contributed by atoms with Gasteiger partial charge in [-0.1, -0.05) is 54.6 Å². The molecular formula is C25H22N4OS. The number of phenols is 1. The van der Waals surface area contributed by atoms with Crippen LogP contribution in [0.2, 0.25) is 0 Å². The van der Waals surface area contributed by atoms with Crippen LogP contribution in [0.1, 0.15) is 5.56 Å². The Kier molecular flexibility index (Phi) is 6.19. The first kappa shape index (κ1) is 20.5. The molecule has 5 aromatic rings. The zero-order valence-corrected chi connectivity index (χ0v) is 17.7. The Morgan fingerprint density at radius 2 is 1.55 bits per heavy atom. The number of fused-ring (bicyclic) bond motifs is 1. The number of phenolic OH excluding ortho intramolecular Hbond substituents is 1. The summed E-state index contributed by atoms with van der Waals surface area (Å²) >= 11 is 3.95. The molecule has 154 valence electrons. The summed E-state index contributed by atoms with van der Waals surface area (Å²) in [6.07, 6.45) is 5.38. The van der Waals surface area contributed by atoms with E-state index < -0.39 is 0 Å². The molecule has 3 N–H and O–H groups in total. The van der Waals surface area contributed by atoms with Gasteiger partial charge in [-0.2, -0.15) is 0 Å². The lowest BCUT2D eigenvalue weighted by Crippen LogP contribution is -1.99. The second kappa shape index (κ2) is 9.36. The molecule has 2 aromatic heterocycles. The molecule has 0 atom stereocenters. The van der Waals surface area contributed by atoms with E-state index in [0.29, 0.717) is 10.7 Å². The van der Waals surface area contributed by atoms with E-state index in [1.165, 1.54) is 16.5 Å². The van der Waals surface area contributed by atoms with Crippen LogP contribution in [0.4, 0.5) is 5.82 Å². The van der Waals surface area contributed by atoms with Crippen molar-refractivity contribution in [1.82, 2.24) is 14.5 Å². The Bertz CT molecular complexity index is 1280. The minimum Gasteiger partial charge on any atom is -0.507 e. The van der Waals surface area contributed by atoms with Crippen molar-refractivity contribution < 1.29 is 5.11 Å². The van der Waals surface area contributed by atoms with Crippen LogP contribution < -0.4 is 5.73 Å². The van der Waals surface area contributed by atoms with Crippen molar-refractivity contribution in [2.75, 3.05) is 5.73 Å². The number of aromatic hydroxyl groups is 1. The summed E-state index contributed by atoms with van der Waals surface area (Å²) in [5, 5.41) is 10.1. The molecule has 0 saturated heterocycles. The number of hydrogen-bond acceptors (Lipinski definition) is 5. The molecule has 5 nitrogen and oxygen atoms in total. The number of anilines is 1. The second-order valence-corrected chi connectivity index (χ2v) is 7.46. The quantitative estimate of drug-likeness (QED) is 0.337. The molecule has 0 spiro atoms. The Labute approximate surface area is 186 Å². The third-order valence-corrected chi connectivity index (χ3v) is 5.25. The maximum absolute atomic E-state index is 8.84. The summed E-state index contributed by atoms with van der Waals surface area (Å²) in [6.45, 7) is 0.837. The lowest BCUT2D eigenvalue weighted by atomic mass is 10.1. The zero-order chi connectivity index (χ0) is 21.6. The van der Waals surface area contributed by atoms with Gasteiger partial charge < -0.3 is 15.4 Å². The molecule has 3 aromatic carbocycles. The smallest absolute Gasteiger partial charge is 0.149 e. The van der Waals surface area contributed by atoms with Crippen molar-refractivity contribution in [2.24, 2.45) is 0 Å². The molecule has 0 aliphatic rings. The number of thiol groups is 1. The number of rotatable bonds is 3. The van der Waals surface area contributed by atoms with Crippen molar-refractivity contribution in [3.8, 4) is 17.0 Å². The van der Waals surface area contributed by atoms with Crippen LogP contribution in [-0.2, 0) is 6.54 Å². The molecule has 6 heteroatoms. The number of benzene rings is 3. The molecule has 31 heavy (non-hydrogen) atoms. The van der Waals surface area contributed by atoms with Crippen molar-refractivity contribution >= 4 is 29.3 Å². The van der Waals surface area contributed by atoms with Gasteiger partial charge in [-0.3, -0.25) is 4.98 Å². The van der Waals surface area contributed by atoms with E-state index >= 15 is 0 Å². The van der Waals surface area contributed by atoms with Crippen molar-refractivity contribution in [3.05, 3.63) is 103 Å². The van der Waals surface area contributed by atoms with Crippen molar-refractivity contribution in [2.45, 2.75) is 11.4 Å². The predicted octanol–water partition coefficient (Wildman–Crippen LogP) is 5.41. The van der Waals surface area contributed by atoms with E-state index in [9.17, 15) is 0 Å².